The summed E-state index contributed by atoms with van der Waals surface area (Å²) in [7, 11) is 2.08. The van der Waals surface area contributed by atoms with Gasteiger partial charge in [0.05, 0.1) is 17.7 Å². The molecule has 0 amide bonds. The molecule has 0 bridgehead atoms. The fraction of sp³-hybridized carbons (Fsp3) is 0.438. The third kappa shape index (κ3) is 4.99. The van der Waals surface area contributed by atoms with Crippen molar-refractivity contribution in [1.29, 1.82) is 0 Å². The molecule has 21 heavy (non-hydrogen) atoms. The molecule has 0 radical (unpaired) electrons. The standard InChI is InChI=1S/C16H22ClN3S/c1-12(2)7-18-8-13-4-5-14(17)6-16(13)20(3)9-15-10-21-11-19-15/h4-6,10-12,18H,7-9H2,1-3H3. The first-order valence-electron chi connectivity index (χ1n) is 7.13. The first-order chi connectivity index (χ1) is 10.1. The van der Waals surface area contributed by atoms with Gasteiger partial charge in [-0.15, -0.1) is 11.3 Å². The van der Waals surface area contributed by atoms with Crippen LogP contribution >= 0.6 is 22.9 Å². The first kappa shape index (κ1) is 16.3. The van der Waals surface area contributed by atoms with Crippen molar-refractivity contribution in [1.82, 2.24) is 10.3 Å². The Balaban J connectivity index is 2.10. The molecule has 0 aliphatic heterocycles. The zero-order valence-electron chi connectivity index (χ0n) is 12.8. The second kappa shape index (κ2) is 7.78. The van der Waals surface area contributed by atoms with Crippen molar-refractivity contribution in [2.75, 3.05) is 18.5 Å². The molecule has 0 fully saturated rings. The van der Waals surface area contributed by atoms with Gasteiger partial charge >= 0.3 is 0 Å². The number of rotatable bonds is 7. The molecule has 0 aliphatic rings. The van der Waals surface area contributed by atoms with E-state index in [2.05, 4.69) is 47.5 Å². The molecule has 1 aromatic heterocycles. The number of nitrogens with zero attached hydrogens (tertiary/aromatic N) is 2. The Bertz CT molecular complexity index is 555. The van der Waals surface area contributed by atoms with E-state index in [1.165, 1.54) is 5.56 Å². The minimum atomic E-state index is 0.647. The number of hydrogen-bond acceptors (Lipinski definition) is 4. The van der Waals surface area contributed by atoms with Crippen LogP contribution in [-0.2, 0) is 13.1 Å². The Morgan fingerprint density at radius 1 is 1.38 bits per heavy atom. The SMILES string of the molecule is CC(C)CNCc1ccc(Cl)cc1N(C)Cc1cscn1. The Morgan fingerprint density at radius 2 is 2.19 bits per heavy atom. The van der Waals surface area contributed by atoms with Crippen molar-refractivity contribution >= 4 is 28.6 Å². The molecule has 3 nitrogen and oxygen atoms in total. The Morgan fingerprint density at radius 3 is 2.86 bits per heavy atom. The van der Waals surface area contributed by atoms with Gasteiger partial charge in [0.1, 0.15) is 0 Å². The van der Waals surface area contributed by atoms with Gasteiger partial charge in [-0.1, -0.05) is 31.5 Å². The molecule has 0 spiro atoms. The molecule has 5 heteroatoms. The van der Waals surface area contributed by atoms with Gasteiger partial charge in [0.25, 0.3) is 0 Å². The van der Waals surface area contributed by atoms with E-state index in [0.29, 0.717) is 5.92 Å². The molecule has 0 aliphatic carbocycles. The molecular weight excluding hydrogens is 302 g/mol. The van der Waals surface area contributed by atoms with Crippen molar-refractivity contribution in [3.05, 3.63) is 45.4 Å². The summed E-state index contributed by atoms with van der Waals surface area (Å²) < 4.78 is 0. The fourth-order valence-electron chi connectivity index (χ4n) is 2.18. The van der Waals surface area contributed by atoms with Gasteiger partial charge in [-0.05, 0) is 30.2 Å². The molecule has 0 atom stereocenters. The van der Waals surface area contributed by atoms with Crippen LogP contribution < -0.4 is 10.2 Å². The van der Waals surface area contributed by atoms with Crippen molar-refractivity contribution in [3.8, 4) is 0 Å². The number of anilines is 1. The maximum Gasteiger partial charge on any atom is 0.0795 e. The van der Waals surface area contributed by atoms with Crippen LogP contribution in [0.5, 0.6) is 0 Å². The van der Waals surface area contributed by atoms with Crippen LogP contribution in [0.4, 0.5) is 5.69 Å². The third-order valence-electron chi connectivity index (χ3n) is 3.21. The lowest BCUT2D eigenvalue weighted by atomic mass is 10.1. The normalized spacial score (nSPS) is 11.1. The second-order valence-electron chi connectivity index (χ2n) is 5.63. The summed E-state index contributed by atoms with van der Waals surface area (Å²) in [6.45, 7) is 7.08. The summed E-state index contributed by atoms with van der Waals surface area (Å²) in [5.41, 5.74) is 5.37. The van der Waals surface area contributed by atoms with Crippen LogP contribution in [0.25, 0.3) is 0 Å². The van der Waals surface area contributed by atoms with Crippen molar-refractivity contribution in [2.45, 2.75) is 26.9 Å². The number of halogens is 1. The fourth-order valence-corrected chi connectivity index (χ4v) is 2.90. The highest BCUT2D eigenvalue weighted by molar-refractivity contribution is 7.07. The number of hydrogen-bond donors (Lipinski definition) is 1. The molecule has 1 aromatic carbocycles. The third-order valence-corrected chi connectivity index (χ3v) is 4.08. The van der Waals surface area contributed by atoms with E-state index < -0.39 is 0 Å². The zero-order valence-corrected chi connectivity index (χ0v) is 14.3. The van der Waals surface area contributed by atoms with Crippen LogP contribution in [0.15, 0.2) is 29.1 Å². The van der Waals surface area contributed by atoms with E-state index in [4.69, 9.17) is 11.6 Å². The molecule has 2 rings (SSSR count). The van der Waals surface area contributed by atoms with Crippen molar-refractivity contribution < 1.29 is 0 Å². The lowest BCUT2D eigenvalue weighted by molar-refractivity contribution is 0.552. The van der Waals surface area contributed by atoms with Crippen LogP contribution in [0.3, 0.4) is 0 Å². The molecule has 114 valence electrons. The highest BCUT2D eigenvalue weighted by Crippen LogP contribution is 2.25. The van der Waals surface area contributed by atoms with Gasteiger partial charge in [-0.25, -0.2) is 4.98 Å². The Hall–Kier alpha value is -1.10. The molecule has 2 aromatic rings. The summed E-state index contributed by atoms with van der Waals surface area (Å²) in [6, 6.07) is 6.08. The van der Waals surface area contributed by atoms with E-state index in [1.807, 2.05) is 17.6 Å². The minimum Gasteiger partial charge on any atom is -0.368 e. The predicted molar refractivity (Wildman–Crippen MR) is 92.2 cm³/mol. The van der Waals surface area contributed by atoms with Crippen molar-refractivity contribution in [2.24, 2.45) is 5.92 Å². The average molecular weight is 324 g/mol. The quantitative estimate of drug-likeness (QED) is 0.828. The van der Waals surface area contributed by atoms with E-state index in [0.717, 1.165) is 36.0 Å². The van der Waals surface area contributed by atoms with Gasteiger partial charge in [-0.2, -0.15) is 0 Å². The van der Waals surface area contributed by atoms with Gasteiger partial charge < -0.3 is 10.2 Å². The largest absolute Gasteiger partial charge is 0.368 e. The lowest BCUT2D eigenvalue weighted by Gasteiger charge is -2.22. The topological polar surface area (TPSA) is 28.2 Å². The van der Waals surface area contributed by atoms with Crippen molar-refractivity contribution in [3.63, 3.8) is 0 Å². The summed E-state index contributed by atoms with van der Waals surface area (Å²) in [5, 5.41) is 6.34. The maximum atomic E-state index is 6.17. The summed E-state index contributed by atoms with van der Waals surface area (Å²) in [4.78, 5) is 6.55. The van der Waals surface area contributed by atoms with Gasteiger partial charge in [-0.3, -0.25) is 0 Å². The summed E-state index contributed by atoms with van der Waals surface area (Å²) in [5.74, 6) is 0.647. The molecule has 0 saturated heterocycles. The molecule has 1 N–H and O–H groups in total. The Labute approximate surface area is 136 Å². The molecule has 0 saturated carbocycles. The maximum absolute atomic E-state index is 6.17. The van der Waals surface area contributed by atoms with Crippen LogP contribution in [0.2, 0.25) is 5.02 Å². The molecule has 1 heterocycles. The van der Waals surface area contributed by atoms with Crippen LogP contribution in [0, 0.1) is 5.92 Å². The monoisotopic (exact) mass is 323 g/mol. The number of benzene rings is 1. The highest BCUT2D eigenvalue weighted by Gasteiger charge is 2.10. The molecule has 0 unspecified atom stereocenters. The average Bonchev–Trinajstić information content (AvgIpc) is 2.92. The predicted octanol–water partition coefficient (Wildman–Crippen LogP) is 4.18. The van der Waals surface area contributed by atoms with E-state index in [9.17, 15) is 0 Å². The molecular formula is C16H22ClN3S. The summed E-state index contributed by atoms with van der Waals surface area (Å²) in [6.07, 6.45) is 0. The number of aromatic nitrogens is 1. The smallest absolute Gasteiger partial charge is 0.0795 e. The van der Waals surface area contributed by atoms with Crippen LogP contribution in [0.1, 0.15) is 25.1 Å². The Kier molecular flexibility index (Phi) is 6.03. The van der Waals surface area contributed by atoms with Gasteiger partial charge in [0, 0.05) is 29.7 Å². The second-order valence-corrected chi connectivity index (χ2v) is 6.79. The zero-order chi connectivity index (χ0) is 15.2. The van der Waals surface area contributed by atoms with E-state index >= 15 is 0 Å². The van der Waals surface area contributed by atoms with Crippen LogP contribution in [-0.4, -0.2) is 18.6 Å². The minimum absolute atomic E-state index is 0.647. The lowest BCUT2D eigenvalue weighted by Crippen LogP contribution is -2.23. The first-order valence-corrected chi connectivity index (χ1v) is 8.45. The van der Waals surface area contributed by atoms with Gasteiger partial charge in [0.15, 0.2) is 0 Å². The number of thiazole rings is 1. The van der Waals surface area contributed by atoms with Gasteiger partial charge in [0.2, 0.25) is 0 Å². The highest BCUT2D eigenvalue weighted by atomic mass is 35.5. The van der Waals surface area contributed by atoms with E-state index in [-0.39, 0.29) is 0 Å². The summed E-state index contributed by atoms with van der Waals surface area (Å²) >= 11 is 7.79. The van der Waals surface area contributed by atoms with E-state index in [1.54, 1.807) is 11.3 Å². The number of nitrogens with one attached hydrogen (secondary N) is 1.